The lowest BCUT2D eigenvalue weighted by Crippen LogP contribution is -2.41. The fourth-order valence-electron chi connectivity index (χ4n) is 7.79. The third-order valence-electron chi connectivity index (χ3n) is 10.6. The van der Waals surface area contributed by atoms with E-state index in [0.29, 0.717) is 29.0 Å². The minimum atomic E-state index is -1.41. The van der Waals surface area contributed by atoms with Crippen molar-refractivity contribution in [1.29, 1.82) is 5.26 Å². The van der Waals surface area contributed by atoms with Gasteiger partial charge in [-0.1, -0.05) is 72.8 Å². The average Bonchev–Trinajstić information content (AvgIpc) is 3.69. The van der Waals surface area contributed by atoms with Crippen LogP contribution < -0.4 is 20.5 Å². The molecule has 1 aliphatic rings. The van der Waals surface area contributed by atoms with E-state index in [2.05, 4.69) is 48.7 Å². The molecule has 5 aromatic rings. The number of carbonyl (C=O) groups is 1. The third-order valence-corrected chi connectivity index (χ3v) is 13.5. The Morgan fingerprint density at radius 3 is 1.98 bits per heavy atom. The molecular weight excluding hydrogens is 778 g/mol. The maximum atomic E-state index is 13.9. The van der Waals surface area contributed by atoms with E-state index in [0.717, 1.165) is 16.7 Å². The van der Waals surface area contributed by atoms with E-state index in [-0.39, 0.29) is 49.1 Å². The van der Waals surface area contributed by atoms with Gasteiger partial charge in [-0.15, -0.1) is 0 Å². The molecule has 60 heavy (non-hydrogen) atoms. The summed E-state index contributed by atoms with van der Waals surface area (Å²) in [5.74, 6) is 1.23. The Bertz CT molecular complexity index is 2210. The van der Waals surface area contributed by atoms with E-state index >= 15 is 0 Å². The molecule has 0 aliphatic carbocycles. The molecule has 6 rings (SSSR count). The number of nitrogens with zero attached hydrogens (tertiary/aromatic N) is 4. The number of hydrogen-bond acceptors (Lipinski definition) is 10. The molecule has 4 atom stereocenters. The molecule has 1 N–H and O–H groups in total. The number of hydrogen-bond donors (Lipinski definition) is 1. The zero-order valence-corrected chi connectivity index (χ0v) is 36.2. The van der Waals surface area contributed by atoms with Gasteiger partial charge in [0.1, 0.15) is 37.4 Å². The first kappa shape index (κ1) is 44.2. The molecule has 1 saturated heterocycles. The Morgan fingerprint density at radius 2 is 1.45 bits per heavy atom. The summed E-state index contributed by atoms with van der Waals surface area (Å²) in [6.07, 6.45) is 1.01. The van der Waals surface area contributed by atoms with Crippen molar-refractivity contribution >= 4 is 20.0 Å². The van der Waals surface area contributed by atoms with Crippen LogP contribution in [-0.4, -0.2) is 71.4 Å². The molecule has 1 aromatic heterocycles. The normalized spacial score (nSPS) is 17.1. The Balaban J connectivity index is 1.44. The van der Waals surface area contributed by atoms with Gasteiger partial charge in [-0.05, 0) is 87.7 Å². The van der Waals surface area contributed by atoms with Crippen molar-refractivity contribution in [2.45, 2.75) is 83.1 Å². The Kier molecular flexibility index (Phi) is 14.9. The molecule has 0 spiro atoms. The van der Waals surface area contributed by atoms with E-state index in [9.17, 15) is 14.9 Å². The van der Waals surface area contributed by atoms with Crippen molar-refractivity contribution in [3.63, 3.8) is 0 Å². The van der Waals surface area contributed by atoms with E-state index < -0.39 is 31.9 Å². The Labute approximate surface area is 353 Å². The number of methoxy groups -OCH3 is 2. The van der Waals surface area contributed by atoms with Crippen LogP contribution in [0.1, 0.15) is 79.4 Å². The van der Waals surface area contributed by atoms with Crippen LogP contribution in [0.15, 0.2) is 120 Å². The molecule has 12 nitrogen and oxygen atoms in total. The van der Waals surface area contributed by atoms with Crippen molar-refractivity contribution < 1.29 is 28.3 Å². The molecule has 13 heteroatoms. The van der Waals surface area contributed by atoms with Gasteiger partial charge in [-0.25, -0.2) is 4.79 Å². The highest BCUT2D eigenvalue weighted by Crippen LogP contribution is 2.56. The number of nitrogens with one attached hydrogen (secondary N) is 1. The van der Waals surface area contributed by atoms with Gasteiger partial charge in [0.25, 0.3) is 5.91 Å². The lowest BCUT2D eigenvalue weighted by molar-refractivity contribution is -0.0772. The van der Waals surface area contributed by atoms with Gasteiger partial charge < -0.3 is 28.8 Å². The van der Waals surface area contributed by atoms with Crippen LogP contribution in [0, 0.1) is 18.3 Å². The number of amides is 1. The molecule has 314 valence electrons. The molecule has 0 radical (unpaired) electrons. The number of benzene rings is 4. The number of aryl methyl sites for hydroxylation is 1. The number of aromatic nitrogens is 2. The van der Waals surface area contributed by atoms with Gasteiger partial charge in [0.15, 0.2) is 0 Å². The van der Waals surface area contributed by atoms with Crippen molar-refractivity contribution in [1.82, 2.24) is 14.2 Å². The monoisotopic (exact) mass is 831 g/mol. The van der Waals surface area contributed by atoms with Gasteiger partial charge in [-0.3, -0.25) is 14.0 Å². The van der Waals surface area contributed by atoms with Crippen molar-refractivity contribution in [3.8, 4) is 17.6 Å². The van der Waals surface area contributed by atoms with E-state index in [1.165, 1.54) is 4.57 Å². The number of ether oxygens (including phenoxy) is 4. The van der Waals surface area contributed by atoms with Crippen LogP contribution in [0.5, 0.6) is 11.5 Å². The molecule has 0 bridgehead atoms. The van der Waals surface area contributed by atoms with Gasteiger partial charge in [0, 0.05) is 35.8 Å². The zero-order chi connectivity index (χ0) is 42.8. The molecule has 1 unspecified atom stereocenters. The topological polar surface area (TPSA) is 137 Å². The first-order chi connectivity index (χ1) is 29.0. The predicted octanol–water partition coefficient (Wildman–Crippen LogP) is 8.85. The van der Waals surface area contributed by atoms with Crippen LogP contribution >= 0.6 is 8.30 Å². The number of anilines is 1. The third kappa shape index (κ3) is 9.79. The first-order valence-corrected chi connectivity index (χ1v) is 21.5. The highest BCUT2D eigenvalue weighted by molar-refractivity contribution is 7.51. The Morgan fingerprint density at radius 1 is 0.900 bits per heavy atom. The molecule has 1 fully saturated rings. The van der Waals surface area contributed by atoms with Crippen molar-refractivity contribution in [2.24, 2.45) is 0 Å². The van der Waals surface area contributed by atoms with E-state index in [1.54, 1.807) is 51.6 Å². The first-order valence-electron chi connectivity index (χ1n) is 20.2. The molecule has 4 aromatic carbocycles. The van der Waals surface area contributed by atoms with E-state index in [1.807, 2.05) is 84.9 Å². The SMILES string of the molecule is COc1ccc(C(OC[C@H]2O[C@@H](n3cc(C)c(NC(=O)c4ccccc4)nc3=O)C[C@@H]2P(OCCC#N)N(C(C)C)C(C)C)(c2ccccc2)c2ccc(OC)cc2)cc1. The second-order valence-electron chi connectivity index (χ2n) is 15.1. The molecule has 0 saturated carbocycles. The van der Waals surface area contributed by atoms with Crippen molar-refractivity contribution in [2.75, 3.05) is 32.8 Å². The molecular formula is C47H54N5O7P. The van der Waals surface area contributed by atoms with E-state index in [4.69, 9.17) is 23.5 Å². The largest absolute Gasteiger partial charge is 0.497 e. The molecule has 2 heterocycles. The summed E-state index contributed by atoms with van der Waals surface area (Å²) in [4.78, 5) is 31.3. The highest BCUT2D eigenvalue weighted by atomic mass is 31.2. The smallest absolute Gasteiger partial charge is 0.351 e. The van der Waals surface area contributed by atoms with Crippen molar-refractivity contribution in [3.05, 3.63) is 154 Å². The molecule has 1 amide bonds. The highest BCUT2D eigenvalue weighted by Gasteiger charge is 2.48. The predicted molar refractivity (Wildman–Crippen MR) is 233 cm³/mol. The average molecular weight is 832 g/mol. The van der Waals surface area contributed by atoms with Crippen LogP contribution in [-0.2, 0) is 19.6 Å². The number of nitriles is 1. The fraction of sp³-hybridized carbons (Fsp3) is 0.362. The summed E-state index contributed by atoms with van der Waals surface area (Å²) in [5, 5.41) is 12.3. The zero-order valence-electron chi connectivity index (χ0n) is 35.3. The maximum absolute atomic E-state index is 13.9. The molecule has 1 aliphatic heterocycles. The number of carbonyl (C=O) groups excluding carboxylic acids is 1. The maximum Gasteiger partial charge on any atom is 0.351 e. The standard InChI is InChI=1S/C47H54N5O7P/c1-32(2)52(33(3)4)60(58-28-14-27-48)42-29-43(51-30-34(5)44(50-46(51)54)49-45(53)35-15-10-8-11-16-35)59-41(42)31-57-47(36-17-12-9-13-18-36,37-19-23-39(55-6)24-20-37)38-21-25-40(56-7)26-22-38/h8-13,15-26,30,32-33,41-43H,14,28-29,31H2,1-7H3,(H,49,50,53,54)/t41-,42+,43-,60?/m1/s1. The van der Waals surface area contributed by atoms with Crippen LogP contribution in [0.4, 0.5) is 5.82 Å². The van der Waals surface area contributed by atoms with Crippen LogP contribution in [0.25, 0.3) is 0 Å². The summed E-state index contributed by atoms with van der Waals surface area (Å²) in [5.41, 5.74) is 1.73. The fourth-order valence-corrected chi connectivity index (χ4v) is 10.4. The summed E-state index contributed by atoms with van der Waals surface area (Å²) in [6, 6.07) is 37.0. The number of rotatable bonds is 18. The van der Waals surface area contributed by atoms with Crippen LogP contribution in [0.2, 0.25) is 0 Å². The summed E-state index contributed by atoms with van der Waals surface area (Å²) in [7, 11) is 1.87. The summed E-state index contributed by atoms with van der Waals surface area (Å²) in [6.45, 7) is 10.7. The van der Waals surface area contributed by atoms with Gasteiger partial charge >= 0.3 is 5.69 Å². The minimum Gasteiger partial charge on any atom is -0.497 e. The quantitative estimate of drug-likeness (QED) is 0.0518. The Hall–Kier alpha value is -5.41. The lowest BCUT2D eigenvalue weighted by Gasteiger charge is -2.42. The van der Waals surface area contributed by atoms with Crippen LogP contribution in [0.3, 0.4) is 0 Å². The van der Waals surface area contributed by atoms with Gasteiger partial charge in [-0.2, -0.15) is 10.2 Å². The van der Waals surface area contributed by atoms with Gasteiger partial charge in [0.2, 0.25) is 0 Å². The summed E-state index contributed by atoms with van der Waals surface area (Å²) >= 11 is 0. The second-order valence-corrected chi connectivity index (χ2v) is 17.1. The lowest BCUT2D eigenvalue weighted by atomic mass is 9.80. The van der Waals surface area contributed by atoms with Gasteiger partial charge in [0.05, 0.1) is 51.7 Å². The second kappa shape index (κ2) is 20.2. The summed E-state index contributed by atoms with van der Waals surface area (Å²) < 4.78 is 36.0. The minimum absolute atomic E-state index is 0.0972.